The monoisotopic (exact) mass is 346 g/mol. The second kappa shape index (κ2) is 6.43. The highest BCUT2D eigenvalue weighted by Crippen LogP contribution is 2.41. The van der Waals surface area contributed by atoms with E-state index >= 15 is 0 Å². The van der Waals surface area contributed by atoms with Gasteiger partial charge in [-0.1, -0.05) is 12.1 Å². The molecule has 1 amide bonds. The lowest BCUT2D eigenvalue weighted by molar-refractivity contribution is -0.130. The summed E-state index contributed by atoms with van der Waals surface area (Å²) in [6.45, 7) is 2.77. The molecule has 2 atom stereocenters. The number of benzene rings is 1. The van der Waals surface area contributed by atoms with Crippen molar-refractivity contribution in [2.45, 2.75) is 19.3 Å². The Balaban J connectivity index is 1.39. The maximum Gasteiger partial charge on any atom is 0.223 e. The number of likely N-dealkylation sites (tertiary alicyclic amines) is 1. The fourth-order valence-corrected chi connectivity index (χ4v) is 4.88. The SMILES string of the molecule is O=C(CCc1nc2ccccc2s1)N1C[C@@H]2CCOC[C@]2(CO)C1. The third-order valence-corrected chi connectivity index (χ3v) is 6.47. The molecular formula is C18H22N2O3S. The summed E-state index contributed by atoms with van der Waals surface area (Å²) in [7, 11) is 0. The Morgan fingerprint density at radius 2 is 2.33 bits per heavy atom. The third kappa shape index (κ3) is 2.83. The fraction of sp³-hybridized carbons (Fsp3) is 0.556. The van der Waals surface area contributed by atoms with Crippen molar-refractivity contribution in [2.75, 3.05) is 32.9 Å². The molecule has 0 radical (unpaired) electrons. The van der Waals surface area contributed by atoms with Crippen molar-refractivity contribution in [1.82, 2.24) is 9.88 Å². The first kappa shape index (κ1) is 16.0. The lowest BCUT2D eigenvalue weighted by Gasteiger charge is -2.36. The fourth-order valence-electron chi connectivity index (χ4n) is 3.91. The number of para-hydroxylation sites is 1. The van der Waals surface area contributed by atoms with Crippen LogP contribution in [-0.4, -0.2) is 53.8 Å². The second-order valence-electron chi connectivity index (χ2n) is 6.91. The molecule has 2 fully saturated rings. The van der Waals surface area contributed by atoms with E-state index in [1.54, 1.807) is 11.3 Å². The van der Waals surface area contributed by atoms with Crippen LogP contribution < -0.4 is 0 Å². The average Bonchev–Trinajstić information content (AvgIpc) is 3.21. The number of nitrogens with zero attached hydrogens (tertiary/aromatic N) is 2. The lowest BCUT2D eigenvalue weighted by atomic mass is 9.76. The predicted octanol–water partition coefficient (Wildman–Crippen LogP) is 2.09. The number of aryl methyl sites for hydroxylation is 1. The number of hydrogen-bond acceptors (Lipinski definition) is 5. The maximum absolute atomic E-state index is 12.6. The molecule has 4 rings (SSSR count). The Morgan fingerprint density at radius 3 is 3.12 bits per heavy atom. The Bertz CT molecular complexity index is 714. The number of carbonyl (C=O) groups is 1. The van der Waals surface area contributed by atoms with Crippen molar-refractivity contribution in [3.63, 3.8) is 0 Å². The number of fused-ring (bicyclic) bond motifs is 2. The zero-order valence-corrected chi connectivity index (χ0v) is 14.4. The molecule has 2 aliphatic heterocycles. The Labute approximate surface area is 145 Å². The van der Waals surface area contributed by atoms with Crippen LogP contribution in [0.3, 0.4) is 0 Å². The molecule has 0 bridgehead atoms. The largest absolute Gasteiger partial charge is 0.396 e. The van der Waals surface area contributed by atoms with Gasteiger partial charge in [-0.05, 0) is 24.5 Å². The Morgan fingerprint density at radius 1 is 1.46 bits per heavy atom. The number of aromatic nitrogens is 1. The summed E-state index contributed by atoms with van der Waals surface area (Å²) in [6, 6.07) is 8.07. The van der Waals surface area contributed by atoms with E-state index in [0.717, 1.165) is 30.1 Å². The van der Waals surface area contributed by atoms with Crippen LogP contribution in [0.5, 0.6) is 0 Å². The van der Waals surface area contributed by atoms with E-state index in [-0.39, 0.29) is 17.9 Å². The van der Waals surface area contributed by atoms with Crippen molar-refractivity contribution >= 4 is 27.5 Å². The maximum atomic E-state index is 12.6. The van der Waals surface area contributed by atoms with Crippen LogP contribution in [0.15, 0.2) is 24.3 Å². The molecule has 0 aliphatic carbocycles. The van der Waals surface area contributed by atoms with Gasteiger partial charge in [0.2, 0.25) is 5.91 Å². The van der Waals surface area contributed by atoms with E-state index in [9.17, 15) is 9.90 Å². The number of carbonyl (C=O) groups excluding carboxylic acids is 1. The molecule has 0 saturated carbocycles. The summed E-state index contributed by atoms with van der Waals surface area (Å²) in [5, 5.41) is 10.8. The van der Waals surface area contributed by atoms with E-state index in [1.807, 2.05) is 23.1 Å². The molecular weight excluding hydrogens is 324 g/mol. The van der Waals surface area contributed by atoms with Crippen LogP contribution in [0, 0.1) is 11.3 Å². The van der Waals surface area contributed by atoms with E-state index in [2.05, 4.69) is 11.1 Å². The molecule has 0 unspecified atom stereocenters. The van der Waals surface area contributed by atoms with E-state index < -0.39 is 0 Å². The van der Waals surface area contributed by atoms with Gasteiger partial charge in [-0.25, -0.2) is 4.98 Å². The summed E-state index contributed by atoms with van der Waals surface area (Å²) in [6.07, 6.45) is 2.10. The zero-order valence-electron chi connectivity index (χ0n) is 13.6. The first-order valence-corrected chi connectivity index (χ1v) is 9.33. The molecule has 0 spiro atoms. The van der Waals surface area contributed by atoms with Gasteiger partial charge in [0, 0.05) is 38.0 Å². The number of amides is 1. The van der Waals surface area contributed by atoms with Gasteiger partial charge in [-0.3, -0.25) is 4.79 Å². The first-order chi connectivity index (χ1) is 11.7. The second-order valence-corrected chi connectivity index (χ2v) is 8.02. The van der Waals surface area contributed by atoms with Crippen molar-refractivity contribution in [2.24, 2.45) is 11.3 Å². The minimum Gasteiger partial charge on any atom is -0.396 e. The first-order valence-electron chi connectivity index (χ1n) is 8.51. The molecule has 2 saturated heterocycles. The summed E-state index contributed by atoms with van der Waals surface area (Å²) in [5.41, 5.74) is 0.762. The van der Waals surface area contributed by atoms with Gasteiger partial charge < -0.3 is 14.7 Å². The molecule has 2 aliphatic rings. The van der Waals surface area contributed by atoms with Gasteiger partial charge >= 0.3 is 0 Å². The van der Waals surface area contributed by atoms with E-state index in [4.69, 9.17) is 4.74 Å². The zero-order chi connectivity index (χ0) is 16.6. The molecule has 1 N–H and O–H groups in total. The number of aliphatic hydroxyl groups is 1. The van der Waals surface area contributed by atoms with Crippen LogP contribution in [0.4, 0.5) is 0 Å². The molecule has 3 heterocycles. The molecule has 6 heteroatoms. The Kier molecular flexibility index (Phi) is 4.28. The predicted molar refractivity (Wildman–Crippen MR) is 93.0 cm³/mol. The van der Waals surface area contributed by atoms with Gasteiger partial charge in [-0.15, -0.1) is 11.3 Å². The minimum atomic E-state index is -0.246. The minimum absolute atomic E-state index is 0.0965. The topological polar surface area (TPSA) is 62.7 Å². The third-order valence-electron chi connectivity index (χ3n) is 5.37. The molecule has 128 valence electrons. The van der Waals surface area contributed by atoms with E-state index in [0.29, 0.717) is 31.9 Å². The van der Waals surface area contributed by atoms with E-state index in [1.165, 1.54) is 4.70 Å². The van der Waals surface area contributed by atoms with Gasteiger partial charge in [-0.2, -0.15) is 0 Å². The van der Waals surface area contributed by atoms with Gasteiger partial charge in [0.1, 0.15) is 0 Å². The van der Waals surface area contributed by atoms with Crippen LogP contribution in [0.1, 0.15) is 17.8 Å². The molecule has 1 aromatic carbocycles. The quantitative estimate of drug-likeness (QED) is 0.921. The highest BCUT2D eigenvalue weighted by Gasteiger charge is 2.49. The summed E-state index contributed by atoms with van der Waals surface area (Å²) >= 11 is 1.66. The number of hydrogen-bond donors (Lipinski definition) is 1. The van der Waals surface area contributed by atoms with Crippen LogP contribution in [-0.2, 0) is 16.0 Å². The summed E-state index contributed by atoms with van der Waals surface area (Å²) in [5.74, 6) is 0.527. The van der Waals surface area contributed by atoms with Crippen molar-refractivity contribution < 1.29 is 14.6 Å². The number of thiazole rings is 1. The Hall–Kier alpha value is -1.50. The van der Waals surface area contributed by atoms with Crippen LogP contribution >= 0.6 is 11.3 Å². The van der Waals surface area contributed by atoms with Crippen LogP contribution in [0.25, 0.3) is 10.2 Å². The van der Waals surface area contributed by atoms with Crippen LogP contribution in [0.2, 0.25) is 0 Å². The number of ether oxygens (including phenoxy) is 1. The van der Waals surface area contributed by atoms with Crippen molar-refractivity contribution in [3.05, 3.63) is 29.3 Å². The highest BCUT2D eigenvalue weighted by molar-refractivity contribution is 7.18. The number of aliphatic hydroxyl groups excluding tert-OH is 1. The molecule has 1 aromatic heterocycles. The van der Waals surface area contributed by atoms with Crippen molar-refractivity contribution in [3.8, 4) is 0 Å². The smallest absolute Gasteiger partial charge is 0.223 e. The van der Waals surface area contributed by atoms with Gasteiger partial charge in [0.25, 0.3) is 0 Å². The highest BCUT2D eigenvalue weighted by atomic mass is 32.1. The lowest BCUT2D eigenvalue weighted by Crippen LogP contribution is -2.43. The van der Waals surface area contributed by atoms with Crippen molar-refractivity contribution in [1.29, 1.82) is 0 Å². The summed E-state index contributed by atoms with van der Waals surface area (Å²) in [4.78, 5) is 19.1. The van der Waals surface area contributed by atoms with Gasteiger partial charge in [0.05, 0.1) is 28.4 Å². The van der Waals surface area contributed by atoms with Gasteiger partial charge in [0.15, 0.2) is 0 Å². The molecule has 24 heavy (non-hydrogen) atoms. The molecule has 2 aromatic rings. The normalized spacial score (nSPS) is 26.7. The standard InChI is InChI=1S/C18H22N2O3S/c21-11-18-10-20(9-13(18)7-8-23-12-18)17(22)6-5-16-19-14-3-1-2-4-15(14)24-16/h1-4,13,21H,5-12H2/t13-,18+/m0/s1. The average molecular weight is 346 g/mol. The molecule has 5 nitrogen and oxygen atoms in total. The summed E-state index contributed by atoms with van der Waals surface area (Å²) < 4.78 is 6.73. The number of rotatable bonds is 4.